The molecule has 0 unspecified atom stereocenters. The van der Waals surface area contributed by atoms with Crippen molar-refractivity contribution in [2.75, 3.05) is 21.3 Å². The van der Waals surface area contributed by atoms with Crippen molar-refractivity contribution in [2.45, 2.75) is 71.4 Å². The zero-order valence-electron chi connectivity index (χ0n) is 23.9. The van der Waals surface area contributed by atoms with Crippen molar-refractivity contribution in [1.82, 2.24) is 5.32 Å². The van der Waals surface area contributed by atoms with Crippen molar-refractivity contribution in [3.63, 3.8) is 0 Å². The van der Waals surface area contributed by atoms with Crippen LogP contribution < -0.4 is 11.1 Å². The number of nitrogens with two attached hydrogens (primary N) is 1. The van der Waals surface area contributed by atoms with Crippen molar-refractivity contribution < 1.29 is 38.4 Å². The van der Waals surface area contributed by atoms with E-state index in [9.17, 15) is 19.5 Å². The molecule has 10 heteroatoms. The fraction of sp³-hybridized carbons (Fsp3) is 0.552. The third kappa shape index (κ3) is 8.91. The molecule has 0 aromatic heterocycles. The molecular formula is C29H42N2O8. The lowest BCUT2D eigenvalue weighted by atomic mass is 9.86. The number of hydrogen-bond donors (Lipinski definition) is 3. The van der Waals surface area contributed by atoms with Gasteiger partial charge in [0, 0.05) is 43.9 Å². The number of aliphatic hydroxyl groups is 1. The second-order valence-corrected chi connectivity index (χ2v) is 10.2. The summed E-state index contributed by atoms with van der Waals surface area (Å²) in [5.41, 5.74) is 7.61. The summed E-state index contributed by atoms with van der Waals surface area (Å²) >= 11 is 0. The van der Waals surface area contributed by atoms with Crippen molar-refractivity contribution in [2.24, 2.45) is 17.6 Å². The molecule has 2 rings (SSSR count). The van der Waals surface area contributed by atoms with Gasteiger partial charge in [-0.3, -0.25) is 9.59 Å². The molecule has 0 aromatic rings. The Balaban J connectivity index is 2.54. The molecule has 0 radical (unpaired) electrons. The Kier molecular flexibility index (Phi) is 12.2. The van der Waals surface area contributed by atoms with E-state index < -0.39 is 30.5 Å². The SMILES string of the molecule is COC1=C2CC(=CC1=O)NC(=O)/C(C)=C/C=C\[C@@H](OC)[C@@H](OC(N)=O)/C(C)=C/[C@H](C)[C@@H](O)[C@@H](OC)C[C@H](C)C2. The van der Waals surface area contributed by atoms with Crippen molar-refractivity contribution in [1.29, 1.82) is 0 Å². The van der Waals surface area contributed by atoms with Crippen LogP contribution in [0.4, 0.5) is 4.79 Å². The lowest BCUT2D eigenvalue weighted by Gasteiger charge is -2.30. The Bertz CT molecular complexity index is 1070. The Hall–Kier alpha value is -3.21. The fourth-order valence-corrected chi connectivity index (χ4v) is 4.95. The van der Waals surface area contributed by atoms with Gasteiger partial charge in [0.1, 0.15) is 6.10 Å². The molecule has 0 fully saturated rings. The number of rotatable bonds is 4. The first-order valence-electron chi connectivity index (χ1n) is 13.0. The number of ether oxygens (including phenoxy) is 4. The lowest BCUT2D eigenvalue weighted by molar-refractivity contribution is -0.116. The summed E-state index contributed by atoms with van der Waals surface area (Å²) in [7, 11) is 4.46. The van der Waals surface area contributed by atoms with Gasteiger partial charge in [-0.15, -0.1) is 0 Å². The smallest absolute Gasteiger partial charge is 0.405 e. The average molecular weight is 547 g/mol. The Morgan fingerprint density at radius 3 is 2.41 bits per heavy atom. The number of ketones is 1. The summed E-state index contributed by atoms with van der Waals surface area (Å²) in [6.45, 7) is 7.26. The van der Waals surface area contributed by atoms with E-state index in [4.69, 9.17) is 24.7 Å². The van der Waals surface area contributed by atoms with Crippen LogP contribution in [0.2, 0.25) is 0 Å². The van der Waals surface area contributed by atoms with Crippen LogP contribution in [0.3, 0.4) is 0 Å². The molecule has 2 amide bonds. The maximum Gasteiger partial charge on any atom is 0.405 e. The molecule has 2 aliphatic rings. The van der Waals surface area contributed by atoms with Crippen molar-refractivity contribution in [3.05, 3.63) is 58.6 Å². The zero-order chi connectivity index (χ0) is 29.3. The maximum atomic E-state index is 12.9. The van der Waals surface area contributed by atoms with E-state index in [0.29, 0.717) is 36.1 Å². The van der Waals surface area contributed by atoms with Crippen LogP contribution in [0.15, 0.2) is 58.6 Å². The van der Waals surface area contributed by atoms with Crippen LogP contribution in [0.5, 0.6) is 0 Å². The number of primary amides is 1. The van der Waals surface area contributed by atoms with Gasteiger partial charge in [0.2, 0.25) is 5.78 Å². The lowest BCUT2D eigenvalue weighted by Crippen LogP contribution is -2.37. The van der Waals surface area contributed by atoms with Gasteiger partial charge >= 0.3 is 6.09 Å². The molecule has 39 heavy (non-hydrogen) atoms. The molecule has 216 valence electrons. The third-order valence-corrected chi connectivity index (χ3v) is 6.98. The number of carbonyl (C=O) groups is 3. The van der Waals surface area contributed by atoms with Gasteiger partial charge in [0.05, 0.1) is 19.3 Å². The number of methoxy groups -OCH3 is 3. The van der Waals surface area contributed by atoms with Gasteiger partial charge in [-0.2, -0.15) is 0 Å². The normalized spacial score (nSPS) is 33.2. The number of aliphatic hydroxyl groups excluding tert-OH is 1. The van der Waals surface area contributed by atoms with Crippen LogP contribution in [0.1, 0.15) is 47.0 Å². The highest BCUT2D eigenvalue weighted by molar-refractivity contribution is 6.05. The largest absolute Gasteiger partial charge is 0.493 e. The predicted molar refractivity (Wildman–Crippen MR) is 146 cm³/mol. The molecule has 6 atom stereocenters. The summed E-state index contributed by atoms with van der Waals surface area (Å²) in [6.07, 6.45) is 5.48. The maximum absolute atomic E-state index is 12.9. The summed E-state index contributed by atoms with van der Waals surface area (Å²) in [5, 5.41) is 14.0. The van der Waals surface area contributed by atoms with Crippen molar-refractivity contribution in [3.8, 4) is 0 Å². The number of amides is 2. The first kappa shape index (κ1) is 32.0. The van der Waals surface area contributed by atoms with Crippen LogP contribution >= 0.6 is 0 Å². The second kappa shape index (κ2) is 14.8. The zero-order valence-corrected chi connectivity index (χ0v) is 23.9. The van der Waals surface area contributed by atoms with Crippen LogP contribution in [0, 0.1) is 11.8 Å². The van der Waals surface area contributed by atoms with E-state index in [-0.39, 0.29) is 29.3 Å². The van der Waals surface area contributed by atoms with Crippen LogP contribution in [-0.2, 0) is 28.5 Å². The van der Waals surface area contributed by atoms with E-state index in [0.717, 1.165) is 5.57 Å². The Morgan fingerprint density at radius 2 is 1.82 bits per heavy atom. The van der Waals surface area contributed by atoms with Gasteiger partial charge in [-0.1, -0.05) is 38.2 Å². The molecule has 2 bridgehead atoms. The van der Waals surface area contributed by atoms with E-state index in [1.165, 1.54) is 20.3 Å². The Morgan fingerprint density at radius 1 is 1.13 bits per heavy atom. The van der Waals surface area contributed by atoms with E-state index in [2.05, 4.69) is 5.32 Å². The highest BCUT2D eigenvalue weighted by atomic mass is 16.6. The van der Waals surface area contributed by atoms with Crippen LogP contribution in [0.25, 0.3) is 0 Å². The fourth-order valence-electron chi connectivity index (χ4n) is 4.95. The minimum Gasteiger partial charge on any atom is -0.493 e. The monoisotopic (exact) mass is 546 g/mol. The molecule has 1 heterocycles. The number of carbonyl (C=O) groups excluding carboxylic acids is 3. The standard InChI is InChI=1S/C29H42N2O8/c1-16-11-20-14-21(15-22(32)27(20)38-7)31-28(34)17(2)9-8-10-23(36-5)26(39-29(30)35)19(4)13-18(3)25(33)24(12-16)37-6/h8-10,13,15-16,18,23-26,33H,11-12,14H2,1-7H3,(H2,30,35)(H,31,34)/b10-8-,17-9+,19-13+/t16-,18+,23-,24+,25-,26+/m1/s1. The van der Waals surface area contributed by atoms with Gasteiger partial charge in [0.25, 0.3) is 5.91 Å². The van der Waals surface area contributed by atoms with Crippen LogP contribution in [-0.4, -0.2) is 68.6 Å². The van der Waals surface area contributed by atoms with E-state index in [1.807, 2.05) is 13.8 Å². The van der Waals surface area contributed by atoms with Crippen molar-refractivity contribution >= 4 is 17.8 Å². The van der Waals surface area contributed by atoms with E-state index in [1.54, 1.807) is 45.3 Å². The van der Waals surface area contributed by atoms with Gasteiger partial charge in [0.15, 0.2) is 11.9 Å². The Labute approximate surface area is 230 Å². The second-order valence-electron chi connectivity index (χ2n) is 10.2. The number of fused-ring (bicyclic) bond motifs is 2. The number of allylic oxidation sites excluding steroid dienone is 4. The quantitative estimate of drug-likeness (QED) is 0.456. The minimum absolute atomic E-state index is 0.0154. The van der Waals surface area contributed by atoms with Gasteiger partial charge in [-0.05, 0) is 43.8 Å². The minimum atomic E-state index is -0.969. The summed E-state index contributed by atoms with van der Waals surface area (Å²) in [4.78, 5) is 37.3. The topological polar surface area (TPSA) is 146 Å². The molecule has 4 N–H and O–H groups in total. The van der Waals surface area contributed by atoms with Gasteiger partial charge < -0.3 is 35.1 Å². The number of nitrogens with one attached hydrogen (secondary N) is 1. The van der Waals surface area contributed by atoms with E-state index >= 15 is 0 Å². The first-order chi connectivity index (χ1) is 18.4. The molecule has 0 saturated carbocycles. The summed E-state index contributed by atoms with van der Waals surface area (Å²) in [6, 6.07) is 0. The predicted octanol–water partition coefficient (Wildman–Crippen LogP) is 3.23. The molecule has 1 aliphatic heterocycles. The average Bonchev–Trinajstić information content (AvgIpc) is 2.87. The molecule has 1 aliphatic carbocycles. The summed E-state index contributed by atoms with van der Waals surface area (Å²) < 4.78 is 22.0. The number of hydrogen-bond acceptors (Lipinski definition) is 8. The highest BCUT2D eigenvalue weighted by Crippen LogP contribution is 2.31. The highest BCUT2D eigenvalue weighted by Gasteiger charge is 2.30. The molecule has 0 saturated heterocycles. The van der Waals surface area contributed by atoms with Gasteiger partial charge in [-0.25, -0.2) is 4.79 Å². The molecule has 0 spiro atoms. The molecule has 0 aromatic carbocycles. The molecule has 10 nitrogen and oxygen atoms in total. The molecular weight excluding hydrogens is 504 g/mol. The first-order valence-corrected chi connectivity index (χ1v) is 13.0. The third-order valence-electron chi connectivity index (χ3n) is 6.98. The summed E-state index contributed by atoms with van der Waals surface area (Å²) in [5.74, 6) is -0.755.